The summed E-state index contributed by atoms with van der Waals surface area (Å²) < 4.78 is 12.1. The van der Waals surface area contributed by atoms with Crippen LogP contribution in [0.4, 0.5) is 0 Å². The van der Waals surface area contributed by atoms with E-state index in [-0.39, 0.29) is 5.60 Å². The van der Waals surface area contributed by atoms with E-state index in [0.717, 1.165) is 5.56 Å². The number of hydrogen-bond donors (Lipinski definition) is 0. The van der Waals surface area contributed by atoms with Crippen molar-refractivity contribution in [1.82, 2.24) is 0 Å². The summed E-state index contributed by atoms with van der Waals surface area (Å²) >= 11 is 0. The van der Waals surface area contributed by atoms with Crippen LogP contribution in [-0.2, 0) is 0 Å². The van der Waals surface area contributed by atoms with E-state index in [1.807, 2.05) is 59.7 Å². The van der Waals surface area contributed by atoms with Gasteiger partial charge in [0.15, 0.2) is 0 Å². The number of nitrogens with zero attached hydrogens (tertiary/aromatic N) is 2. The second kappa shape index (κ2) is 7.10. The number of hydrogen-bond acceptors (Lipinski definition) is 4. The zero-order valence-corrected chi connectivity index (χ0v) is 16.2. The highest BCUT2D eigenvalue weighted by atomic mass is 16.5. The summed E-state index contributed by atoms with van der Waals surface area (Å²) in [4.78, 5) is 0. The summed E-state index contributed by atoms with van der Waals surface area (Å²) in [7, 11) is 0. The molecule has 0 bridgehead atoms. The number of ether oxygens (including phenoxy) is 2. The molecule has 0 aliphatic rings. The highest BCUT2D eigenvalue weighted by Crippen LogP contribution is 2.38. The Morgan fingerprint density at radius 3 is 1.92 bits per heavy atom. The van der Waals surface area contributed by atoms with Crippen LogP contribution in [0.1, 0.15) is 52.7 Å². The minimum absolute atomic E-state index is 0.351. The van der Waals surface area contributed by atoms with Crippen LogP contribution in [0, 0.1) is 22.7 Å². The van der Waals surface area contributed by atoms with E-state index in [2.05, 4.69) is 12.1 Å². The van der Waals surface area contributed by atoms with Crippen molar-refractivity contribution in [2.24, 2.45) is 0 Å². The fourth-order valence-electron chi connectivity index (χ4n) is 2.49. The van der Waals surface area contributed by atoms with Crippen molar-refractivity contribution in [3.63, 3.8) is 0 Å². The molecule has 0 aliphatic carbocycles. The minimum atomic E-state index is -0.402. The Bertz CT molecular complexity index is 888. The normalized spacial score (nSPS) is 11.4. The lowest BCUT2D eigenvalue weighted by atomic mass is 9.96. The van der Waals surface area contributed by atoms with Gasteiger partial charge in [0, 0.05) is 11.1 Å². The van der Waals surface area contributed by atoms with Crippen molar-refractivity contribution in [3.05, 3.63) is 47.5 Å². The zero-order chi connectivity index (χ0) is 19.5. The van der Waals surface area contributed by atoms with Gasteiger partial charge in [0.2, 0.25) is 0 Å². The van der Waals surface area contributed by atoms with Gasteiger partial charge in [-0.2, -0.15) is 10.5 Å². The third-order valence-corrected chi connectivity index (χ3v) is 3.35. The van der Waals surface area contributed by atoms with E-state index < -0.39 is 5.60 Å². The fourth-order valence-corrected chi connectivity index (χ4v) is 2.49. The van der Waals surface area contributed by atoms with Gasteiger partial charge in [0.1, 0.15) is 22.7 Å². The van der Waals surface area contributed by atoms with Crippen molar-refractivity contribution in [2.75, 3.05) is 0 Å². The highest BCUT2D eigenvalue weighted by Gasteiger charge is 2.20. The molecule has 4 heteroatoms. The Hall–Kier alpha value is -2.98. The molecule has 0 spiro atoms. The average Bonchev–Trinajstić information content (AvgIpc) is 2.53. The van der Waals surface area contributed by atoms with Crippen LogP contribution in [0.15, 0.2) is 36.4 Å². The van der Waals surface area contributed by atoms with Gasteiger partial charge in [-0.15, -0.1) is 0 Å². The maximum Gasteiger partial charge on any atom is 0.128 e. The topological polar surface area (TPSA) is 66.0 Å². The third kappa shape index (κ3) is 5.01. The van der Waals surface area contributed by atoms with E-state index in [1.54, 1.807) is 18.2 Å². The van der Waals surface area contributed by atoms with Crippen molar-refractivity contribution in [2.45, 2.75) is 52.7 Å². The Morgan fingerprint density at radius 2 is 1.38 bits per heavy atom. The van der Waals surface area contributed by atoms with Gasteiger partial charge in [0.25, 0.3) is 0 Å². The first kappa shape index (κ1) is 19.3. The highest BCUT2D eigenvalue weighted by molar-refractivity contribution is 5.78. The maximum atomic E-state index is 9.52. The van der Waals surface area contributed by atoms with Gasteiger partial charge in [-0.1, -0.05) is 0 Å². The standard InChI is InChI=1S/C22H24N2O2/c1-21(2,3)25-17-9-10-20(26-22(4,5)6)19(12-17)18-11-15(13-23)7-8-16(18)14-24/h7-12H,1-6H3. The summed E-state index contributed by atoms with van der Waals surface area (Å²) in [5.41, 5.74) is 1.61. The Labute approximate surface area is 155 Å². The average molecular weight is 348 g/mol. The van der Waals surface area contributed by atoms with Crippen LogP contribution in [0.2, 0.25) is 0 Å². The molecule has 0 N–H and O–H groups in total. The van der Waals surface area contributed by atoms with Crippen LogP contribution in [0.5, 0.6) is 11.5 Å². The molecular formula is C22H24N2O2. The van der Waals surface area contributed by atoms with Crippen molar-refractivity contribution < 1.29 is 9.47 Å². The summed E-state index contributed by atoms with van der Waals surface area (Å²) in [6, 6.07) is 14.9. The van der Waals surface area contributed by atoms with Crippen molar-refractivity contribution in [3.8, 4) is 34.8 Å². The third-order valence-electron chi connectivity index (χ3n) is 3.35. The van der Waals surface area contributed by atoms with E-state index in [4.69, 9.17) is 9.47 Å². The lowest BCUT2D eigenvalue weighted by Crippen LogP contribution is -2.24. The molecule has 0 amide bonds. The van der Waals surface area contributed by atoms with E-state index in [0.29, 0.717) is 28.2 Å². The number of benzene rings is 2. The molecule has 134 valence electrons. The maximum absolute atomic E-state index is 9.52. The van der Waals surface area contributed by atoms with Crippen molar-refractivity contribution >= 4 is 0 Å². The molecule has 0 radical (unpaired) electrons. The molecule has 0 unspecified atom stereocenters. The first-order chi connectivity index (χ1) is 12.0. The molecule has 0 aromatic heterocycles. The molecule has 26 heavy (non-hydrogen) atoms. The first-order valence-corrected chi connectivity index (χ1v) is 8.49. The molecule has 2 aromatic rings. The summed E-state index contributed by atoms with van der Waals surface area (Å²) in [5.74, 6) is 1.32. The van der Waals surface area contributed by atoms with Crippen LogP contribution < -0.4 is 9.47 Å². The van der Waals surface area contributed by atoms with E-state index >= 15 is 0 Å². The zero-order valence-electron chi connectivity index (χ0n) is 16.2. The van der Waals surface area contributed by atoms with Gasteiger partial charge in [-0.05, 0) is 77.9 Å². The second-order valence-corrected chi connectivity index (χ2v) is 8.07. The molecule has 0 atom stereocenters. The Kier molecular flexibility index (Phi) is 5.28. The monoisotopic (exact) mass is 348 g/mol. The van der Waals surface area contributed by atoms with Crippen LogP contribution in [-0.4, -0.2) is 11.2 Å². The second-order valence-electron chi connectivity index (χ2n) is 8.07. The number of nitriles is 2. The smallest absolute Gasteiger partial charge is 0.128 e. The van der Waals surface area contributed by atoms with Gasteiger partial charge < -0.3 is 9.47 Å². The largest absolute Gasteiger partial charge is 0.488 e. The fraction of sp³-hybridized carbons (Fsp3) is 0.364. The van der Waals surface area contributed by atoms with E-state index in [9.17, 15) is 10.5 Å². The molecule has 2 aromatic carbocycles. The molecule has 2 rings (SSSR count). The summed E-state index contributed by atoms with van der Waals surface area (Å²) in [6.07, 6.45) is 0. The quantitative estimate of drug-likeness (QED) is 0.739. The lowest BCUT2D eigenvalue weighted by molar-refractivity contribution is 0.126. The minimum Gasteiger partial charge on any atom is -0.488 e. The SMILES string of the molecule is CC(C)(C)Oc1ccc(OC(C)(C)C)c(-c2cc(C#N)ccc2C#N)c1. The molecule has 0 heterocycles. The Morgan fingerprint density at radius 1 is 0.731 bits per heavy atom. The molecule has 4 nitrogen and oxygen atoms in total. The number of rotatable bonds is 3. The molecule has 0 fully saturated rings. The van der Waals surface area contributed by atoms with Crippen LogP contribution in [0.25, 0.3) is 11.1 Å². The van der Waals surface area contributed by atoms with Crippen LogP contribution >= 0.6 is 0 Å². The molecule has 0 saturated carbocycles. The van der Waals surface area contributed by atoms with Crippen molar-refractivity contribution in [1.29, 1.82) is 10.5 Å². The molecule has 0 saturated heterocycles. The van der Waals surface area contributed by atoms with Gasteiger partial charge in [0.05, 0.1) is 23.3 Å². The Balaban J connectivity index is 2.69. The predicted molar refractivity (Wildman–Crippen MR) is 102 cm³/mol. The van der Waals surface area contributed by atoms with Gasteiger partial charge >= 0.3 is 0 Å². The van der Waals surface area contributed by atoms with Crippen LogP contribution in [0.3, 0.4) is 0 Å². The molecular weight excluding hydrogens is 324 g/mol. The first-order valence-electron chi connectivity index (χ1n) is 8.49. The summed E-state index contributed by atoms with van der Waals surface area (Å²) in [5, 5.41) is 18.8. The summed E-state index contributed by atoms with van der Waals surface area (Å²) in [6.45, 7) is 11.8. The van der Waals surface area contributed by atoms with E-state index in [1.165, 1.54) is 0 Å². The van der Waals surface area contributed by atoms with Gasteiger partial charge in [-0.25, -0.2) is 0 Å². The molecule has 0 aliphatic heterocycles. The predicted octanol–water partition coefficient (Wildman–Crippen LogP) is 5.45. The lowest BCUT2D eigenvalue weighted by Gasteiger charge is -2.26. The van der Waals surface area contributed by atoms with Gasteiger partial charge in [-0.3, -0.25) is 0 Å².